The van der Waals surface area contributed by atoms with Gasteiger partial charge >= 0.3 is 0 Å². The third kappa shape index (κ3) is 4.91. The third-order valence-electron chi connectivity index (χ3n) is 4.37. The van der Waals surface area contributed by atoms with Crippen molar-refractivity contribution in [1.82, 2.24) is 15.3 Å². The molecule has 144 valence electrons. The monoisotopic (exact) mass is 378 g/mol. The highest BCUT2D eigenvalue weighted by Crippen LogP contribution is 2.25. The van der Waals surface area contributed by atoms with E-state index in [1.54, 1.807) is 18.2 Å². The second kappa shape index (κ2) is 9.08. The lowest BCUT2D eigenvalue weighted by atomic mass is 10.0. The Kier molecular flexibility index (Phi) is 6.32. The Bertz CT molecular complexity index is 941. The molecule has 2 aromatic carbocycles. The van der Waals surface area contributed by atoms with E-state index in [2.05, 4.69) is 40.5 Å². The lowest BCUT2D eigenvalue weighted by molar-refractivity contribution is 0.0948. The van der Waals surface area contributed by atoms with Crippen LogP contribution in [0, 0.1) is 5.82 Å². The smallest absolute Gasteiger partial charge is 0.271 e. The summed E-state index contributed by atoms with van der Waals surface area (Å²) in [6.07, 6.45) is 3.37. The van der Waals surface area contributed by atoms with Gasteiger partial charge in [-0.05, 0) is 35.6 Å². The van der Waals surface area contributed by atoms with E-state index in [4.69, 9.17) is 0 Å². The Labute approximate surface area is 164 Å². The zero-order valence-corrected chi connectivity index (χ0v) is 15.9. The van der Waals surface area contributed by atoms with Crippen molar-refractivity contribution >= 4 is 17.4 Å². The van der Waals surface area contributed by atoms with E-state index >= 15 is 0 Å². The fraction of sp³-hybridized carbons (Fsp3) is 0.227. The molecule has 0 fully saturated rings. The second-order valence-corrected chi connectivity index (χ2v) is 6.75. The van der Waals surface area contributed by atoms with Gasteiger partial charge in [0.15, 0.2) is 0 Å². The lowest BCUT2D eigenvalue weighted by Gasteiger charge is -2.14. The number of nitrogens with zero attached hydrogens (tertiary/aromatic N) is 2. The summed E-state index contributed by atoms with van der Waals surface area (Å²) in [5.41, 5.74) is 2.93. The molecule has 3 aromatic rings. The largest absolute Gasteiger partial charge is 0.350 e. The number of anilines is 2. The summed E-state index contributed by atoms with van der Waals surface area (Å²) in [6.45, 7) is 4.57. The summed E-state index contributed by atoms with van der Waals surface area (Å²) in [6, 6.07) is 14.5. The molecule has 6 heteroatoms. The highest BCUT2D eigenvalue weighted by molar-refractivity contribution is 5.92. The first-order valence-electron chi connectivity index (χ1n) is 9.24. The molecule has 5 nitrogen and oxygen atoms in total. The molecule has 0 atom stereocenters. The van der Waals surface area contributed by atoms with E-state index in [9.17, 15) is 9.18 Å². The van der Waals surface area contributed by atoms with E-state index in [-0.39, 0.29) is 17.4 Å². The van der Waals surface area contributed by atoms with Gasteiger partial charge in [-0.2, -0.15) is 0 Å². The number of nitrogens with one attached hydrogen (secondary N) is 2. The van der Waals surface area contributed by atoms with Crippen LogP contribution in [0.4, 0.5) is 15.9 Å². The molecular formula is C22H23FN4O. The van der Waals surface area contributed by atoms with Crippen LogP contribution in [0.1, 0.15) is 41.4 Å². The van der Waals surface area contributed by atoms with Crippen LogP contribution in [0.15, 0.2) is 60.9 Å². The predicted octanol–water partition coefficient (Wildman–Crippen LogP) is 4.46. The summed E-state index contributed by atoms with van der Waals surface area (Å²) < 4.78 is 13.6. The molecular weight excluding hydrogens is 355 g/mol. The molecule has 0 spiro atoms. The molecule has 3 rings (SSSR count). The highest BCUT2D eigenvalue weighted by Gasteiger charge is 2.10. The first kappa shape index (κ1) is 19.5. The first-order valence-corrected chi connectivity index (χ1v) is 9.24. The SMILES string of the molecule is CC(C)c1ccccc1Nc1cnc(C(=O)NCCc2ccccc2F)cn1. The van der Waals surface area contributed by atoms with Gasteiger partial charge in [0.1, 0.15) is 17.3 Å². The van der Waals surface area contributed by atoms with Crippen molar-refractivity contribution < 1.29 is 9.18 Å². The topological polar surface area (TPSA) is 66.9 Å². The number of hydrogen-bond acceptors (Lipinski definition) is 4. The fourth-order valence-electron chi connectivity index (χ4n) is 2.86. The molecule has 1 heterocycles. The lowest BCUT2D eigenvalue weighted by Crippen LogP contribution is -2.26. The Hall–Kier alpha value is -3.28. The van der Waals surface area contributed by atoms with Crippen molar-refractivity contribution in [3.8, 4) is 0 Å². The average Bonchev–Trinajstić information content (AvgIpc) is 2.70. The number of aromatic nitrogens is 2. The minimum absolute atomic E-state index is 0.219. The number of hydrogen-bond donors (Lipinski definition) is 2. The Morgan fingerprint density at radius 1 is 1.04 bits per heavy atom. The van der Waals surface area contributed by atoms with Crippen molar-refractivity contribution in [1.29, 1.82) is 0 Å². The number of benzene rings is 2. The predicted molar refractivity (Wildman–Crippen MR) is 108 cm³/mol. The van der Waals surface area contributed by atoms with Gasteiger partial charge in [0.05, 0.1) is 12.4 Å². The number of carbonyl (C=O) groups is 1. The first-order chi connectivity index (χ1) is 13.5. The van der Waals surface area contributed by atoms with Crippen molar-refractivity contribution in [3.63, 3.8) is 0 Å². The molecule has 0 unspecified atom stereocenters. The van der Waals surface area contributed by atoms with Crippen molar-refractivity contribution in [2.24, 2.45) is 0 Å². The van der Waals surface area contributed by atoms with Gasteiger partial charge in [0.25, 0.3) is 5.91 Å². The summed E-state index contributed by atoms with van der Waals surface area (Å²) in [5.74, 6) is 0.332. The summed E-state index contributed by atoms with van der Waals surface area (Å²) in [7, 11) is 0. The molecule has 0 aliphatic rings. The molecule has 1 aromatic heterocycles. The maximum absolute atomic E-state index is 13.6. The maximum Gasteiger partial charge on any atom is 0.271 e. The second-order valence-electron chi connectivity index (χ2n) is 6.75. The minimum Gasteiger partial charge on any atom is -0.350 e. The normalized spacial score (nSPS) is 10.7. The zero-order valence-electron chi connectivity index (χ0n) is 15.9. The van der Waals surface area contributed by atoms with Crippen LogP contribution in [0.3, 0.4) is 0 Å². The zero-order chi connectivity index (χ0) is 19.9. The molecule has 0 aliphatic carbocycles. The fourth-order valence-corrected chi connectivity index (χ4v) is 2.86. The Morgan fingerprint density at radius 2 is 1.79 bits per heavy atom. The molecule has 2 N–H and O–H groups in total. The minimum atomic E-state index is -0.335. The molecule has 0 saturated carbocycles. The quantitative estimate of drug-likeness (QED) is 0.637. The Balaban J connectivity index is 1.58. The van der Waals surface area contributed by atoms with Crippen LogP contribution in [-0.2, 0) is 6.42 Å². The van der Waals surface area contributed by atoms with Gasteiger partial charge in [0, 0.05) is 12.2 Å². The maximum atomic E-state index is 13.6. The van der Waals surface area contributed by atoms with Crippen LogP contribution >= 0.6 is 0 Å². The van der Waals surface area contributed by atoms with Crippen LogP contribution in [-0.4, -0.2) is 22.4 Å². The van der Waals surface area contributed by atoms with Gasteiger partial charge in [-0.15, -0.1) is 0 Å². The number of rotatable bonds is 7. The molecule has 1 amide bonds. The van der Waals surface area contributed by atoms with Gasteiger partial charge < -0.3 is 10.6 Å². The summed E-state index contributed by atoms with van der Waals surface area (Å²) in [4.78, 5) is 20.7. The van der Waals surface area contributed by atoms with Crippen molar-refractivity contribution in [2.45, 2.75) is 26.2 Å². The summed E-state index contributed by atoms with van der Waals surface area (Å²) in [5, 5.41) is 5.98. The van der Waals surface area contributed by atoms with Gasteiger partial charge in [-0.3, -0.25) is 4.79 Å². The van der Waals surface area contributed by atoms with Gasteiger partial charge in [-0.25, -0.2) is 14.4 Å². The summed E-state index contributed by atoms with van der Waals surface area (Å²) >= 11 is 0. The highest BCUT2D eigenvalue weighted by atomic mass is 19.1. The molecule has 28 heavy (non-hydrogen) atoms. The molecule has 0 radical (unpaired) electrons. The van der Waals surface area contributed by atoms with E-state index in [0.717, 1.165) is 5.69 Å². The van der Waals surface area contributed by atoms with Crippen molar-refractivity contribution in [3.05, 3.63) is 83.6 Å². The van der Waals surface area contributed by atoms with Crippen molar-refractivity contribution in [2.75, 3.05) is 11.9 Å². The van der Waals surface area contributed by atoms with Crippen LogP contribution in [0.25, 0.3) is 0 Å². The number of halogens is 1. The standard InChI is InChI=1S/C22H23FN4O/c1-15(2)17-8-4-6-10-19(17)27-21-14-25-20(13-26-21)22(28)24-12-11-16-7-3-5-9-18(16)23/h3-10,13-15H,11-12H2,1-2H3,(H,24,28)(H,26,27). The van der Waals surface area contributed by atoms with Crippen LogP contribution in [0.5, 0.6) is 0 Å². The Morgan fingerprint density at radius 3 is 2.50 bits per heavy atom. The van der Waals surface area contributed by atoms with Gasteiger partial charge in [-0.1, -0.05) is 50.2 Å². The van der Waals surface area contributed by atoms with Gasteiger partial charge in [0.2, 0.25) is 0 Å². The van der Waals surface area contributed by atoms with Crippen LogP contribution in [0.2, 0.25) is 0 Å². The molecule has 0 aliphatic heterocycles. The van der Waals surface area contributed by atoms with Crippen LogP contribution < -0.4 is 10.6 Å². The number of para-hydroxylation sites is 1. The molecule has 0 bridgehead atoms. The van der Waals surface area contributed by atoms with E-state index in [1.165, 1.54) is 24.0 Å². The van der Waals surface area contributed by atoms with E-state index in [0.29, 0.717) is 30.3 Å². The molecule has 0 saturated heterocycles. The van der Waals surface area contributed by atoms with E-state index < -0.39 is 0 Å². The third-order valence-corrected chi connectivity index (χ3v) is 4.37. The van der Waals surface area contributed by atoms with E-state index in [1.807, 2.05) is 18.2 Å². The number of amides is 1. The number of carbonyl (C=O) groups excluding carboxylic acids is 1. The average molecular weight is 378 g/mol.